The number of hydrogen-bond donors (Lipinski definition) is 1. The van der Waals surface area contributed by atoms with Crippen molar-refractivity contribution in [3.63, 3.8) is 0 Å². The van der Waals surface area contributed by atoms with Gasteiger partial charge in [0, 0.05) is 11.0 Å². The van der Waals surface area contributed by atoms with Crippen LogP contribution in [0.25, 0.3) is 5.69 Å². The van der Waals surface area contributed by atoms with Gasteiger partial charge in [-0.05, 0) is 43.1 Å². The summed E-state index contributed by atoms with van der Waals surface area (Å²) in [6, 6.07) is 6.09. The molecule has 0 aliphatic heterocycles. The summed E-state index contributed by atoms with van der Waals surface area (Å²) in [5.41, 5.74) is 3.12. The Bertz CT molecular complexity index is 548. The zero-order valence-corrected chi connectivity index (χ0v) is 13.1. The minimum atomic E-state index is 0.642. The summed E-state index contributed by atoms with van der Waals surface area (Å²) in [7, 11) is 0. The molecule has 1 aromatic carbocycles. The zero-order chi connectivity index (χ0) is 13.8. The van der Waals surface area contributed by atoms with E-state index in [4.69, 9.17) is 0 Å². The minimum Gasteiger partial charge on any atom is -0.311 e. The molecule has 1 heterocycles. The highest BCUT2D eigenvalue weighted by atomic mass is 79.9. The lowest BCUT2D eigenvalue weighted by molar-refractivity contribution is 0.546. The maximum Gasteiger partial charge on any atom is 0.0969 e. The van der Waals surface area contributed by atoms with Crippen LogP contribution in [0, 0.1) is 12.8 Å². The summed E-state index contributed by atoms with van der Waals surface area (Å²) in [6.45, 7) is 8.18. The van der Waals surface area contributed by atoms with E-state index >= 15 is 0 Å². The molecular formula is C14H19BrN4. The van der Waals surface area contributed by atoms with E-state index in [-0.39, 0.29) is 0 Å². The molecule has 0 fully saturated rings. The van der Waals surface area contributed by atoms with Crippen molar-refractivity contribution in [2.45, 2.75) is 27.3 Å². The highest BCUT2D eigenvalue weighted by molar-refractivity contribution is 9.10. The Hall–Kier alpha value is -1.20. The molecule has 1 N–H and O–H groups in total. The quantitative estimate of drug-likeness (QED) is 0.919. The van der Waals surface area contributed by atoms with Crippen molar-refractivity contribution in [3.8, 4) is 5.69 Å². The normalized spacial score (nSPS) is 11.2. The molecule has 0 spiro atoms. The predicted molar refractivity (Wildman–Crippen MR) is 80.3 cm³/mol. The van der Waals surface area contributed by atoms with E-state index in [2.05, 4.69) is 58.3 Å². The van der Waals surface area contributed by atoms with Gasteiger partial charge in [0.2, 0.25) is 0 Å². The summed E-state index contributed by atoms with van der Waals surface area (Å²) in [5, 5.41) is 12.2. The standard InChI is InChI=1S/C14H19BrN4/c1-10(2)7-16-8-13-9-17-19(18-13)14-5-4-12(15)6-11(14)3/h4-6,9-10,16H,7-8H2,1-3H3. The van der Waals surface area contributed by atoms with Crippen LogP contribution in [0.4, 0.5) is 0 Å². The number of benzene rings is 1. The second kappa shape index (κ2) is 6.30. The van der Waals surface area contributed by atoms with Crippen LogP contribution in [0.5, 0.6) is 0 Å². The van der Waals surface area contributed by atoms with E-state index in [0.717, 1.165) is 34.5 Å². The summed E-state index contributed by atoms with van der Waals surface area (Å²) in [4.78, 5) is 1.69. The van der Waals surface area contributed by atoms with Crippen molar-refractivity contribution >= 4 is 15.9 Å². The Morgan fingerprint density at radius 2 is 2.16 bits per heavy atom. The fraction of sp³-hybridized carbons (Fsp3) is 0.429. The van der Waals surface area contributed by atoms with E-state index in [9.17, 15) is 0 Å². The molecule has 0 aliphatic rings. The lowest BCUT2D eigenvalue weighted by atomic mass is 10.2. The number of aromatic nitrogens is 3. The molecule has 0 amide bonds. The van der Waals surface area contributed by atoms with Crippen LogP contribution in [0.1, 0.15) is 25.1 Å². The Balaban J connectivity index is 2.08. The maximum atomic E-state index is 4.50. The maximum absolute atomic E-state index is 4.50. The number of rotatable bonds is 5. The monoisotopic (exact) mass is 322 g/mol. The van der Waals surface area contributed by atoms with E-state index in [1.807, 2.05) is 18.3 Å². The fourth-order valence-electron chi connectivity index (χ4n) is 1.82. The predicted octanol–water partition coefficient (Wildman–Crippen LogP) is 3.08. The van der Waals surface area contributed by atoms with Crippen molar-refractivity contribution in [2.75, 3.05) is 6.54 Å². The molecule has 2 rings (SSSR count). The SMILES string of the molecule is Cc1cc(Br)ccc1-n1ncc(CNCC(C)C)n1. The summed E-state index contributed by atoms with van der Waals surface area (Å²) in [6.07, 6.45) is 1.81. The van der Waals surface area contributed by atoms with E-state index in [1.54, 1.807) is 4.80 Å². The Morgan fingerprint density at radius 3 is 2.84 bits per heavy atom. The molecule has 4 nitrogen and oxygen atoms in total. The summed E-state index contributed by atoms with van der Waals surface area (Å²) < 4.78 is 1.07. The van der Waals surface area contributed by atoms with Crippen molar-refractivity contribution in [2.24, 2.45) is 5.92 Å². The van der Waals surface area contributed by atoms with Gasteiger partial charge in [-0.25, -0.2) is 0 Å². The third kappa shape index (κ3) is 3.88. The third-order valence-corrected chi connectivity index (χ3v) is 3.27. The van der Waals surface area contributed by atoms with Gasteiger partial charge in [0.15, 0.2) is 0 Å². The second-order valence-corrected chi connectivity index (χ2v) is 6.00. The zero-order valence-electron chi connectivity index (χ0n) is 11.5. The summed E-state index contributed by atoms with van der Waals surface area (Å²) >= 11 is 3.46. The van der Waals surface area contributed by atoms with E-state index in [1.165, 1.54) is 0 Å². The number of nitrogens with zero attached hydrogens (tertiary/aromatic N) is 3. The molecule has 0 unspecified atom stereocenters. The second-order valence-electron chi connectivity index (χ2n) is 5.08. The van der Waals surface area contributed by atoms with E-state index in [0.29, 0.717) is 5.92 Å². The first-order valence-electron chi connectivity index (χ1n) is 6.44. The molecule has 19 heavy (non-hydrogen) atoms. The topological polar surface area (TPSA) is 42.7 Å². The van der Waals surface area contributed by atoms with Crippen molar-refractivity contribution in [1.29, 1.82) is 0 Å². The van der Waals surface area contributed by atoms with Crippen molar-refractivity contribution in [3.05, 3.63) is 40.1 Å². The molecule has 102 valence electrons. The molecule has 1 aromatic heterocycles. The molecule has 0 saturated heterocycles. The molecule has 0 bridgehead atoms. The molecule has 5 heteroatoms. The van der Waals surface area contributed by atoms with Crippen LogP contribution >= 0.6 is 15.9 Å². The van der Waals surface area contributed by atoms with Gasteiger partial charge in [-0.15, -0.1) is 0 Å². The first-order valence-corrected chi connectivity index (χ1v) is 7.24. The number of nitrogens with one attached hydrogen (secondary N) is 1. The smallest absolute Gasteiger partial charge is 0.0969 e. The Kier molecular flexibility index (Phi) is 4.71. The van der Waals surface area contributed by atoms with E-state index < -0.39 is 0 Å². The average molecular weight is 323 g/mol. The van der Waals surface area contributed by atoms with Gasteiger partial charge in [0.25, 0.3) is 0 Å². The minimum absolute atomic E-state index is 0.642. The van der Waals surface area contributed by atoms with Gasteiger partial charge in [-0.3, -0.25) is 0 Å². The van der Waals surface area contributed by atoms with Crippen LogP contribution < -0.4 is 5.32 Å². The molecular weight excluding hydrogens is 304 g/mol. The van der Waals surface area contributed by atoms with Gasteiger partial charge < -0.3 is 5.32 Å². The molecule has 0 saturated carbocycles. The number of aryl methyl sites for hydroxylation is 1. The Morgan fingerprint density at radius 1 is 1.37 bits per heavy atom. The van der Waals surface area contributed by atoms with Crippen molar-refractivity contribution in [1.82, 2.24) is 20.3 Å². The number of hydrogen-bond acceptors (Lipinski definition) is 3. The lowest BCUT2D eigenvalue weighted by Crippen LogP contribution is -2.19. The van der Waals surface area contributed by atoms with Crippen LogP contribution in [0.15, 0.2) is 28.9 Å². The van der Waals surface area contributed by atoms with Crippen molar-refractivity contribution < 1.29 is 0 Å². The average Bonchev–Trinajstić information content (AvgIpc) is 2.77. The molecule has 0 atom stereocenters. The fourth-order valence-corrected chi connectivity index (χ4v) is 2.30. The van der Waals surface area contributed by atoms with Gasteiger partial charge in [-0.2, -0.15) is 15.0 Å². The largest absolute Gasteiger partial charge is 0.311 e. The Labute approximate surface area is 122 Å². The van der Waals surface area contributed by atoms with Crippen LogP contribution in [0.2, 0.25) is 0 Å². The third-order valence-electron chi connectivity index (χ3n) is 2.77. The first kappa shape index (κ1) is 14.2. The highest BCUT2D eigenvalue weighted by Gasteiger charge is 2.06. The van der Waals surface area contributed by atoms with Gasteiger partial charge >= 0.3 is 0 Å². The molecule has 0 radical (unpaired) electrons. The van der Waals surface area contributed by atoms with Crippen LogP contribution in [-0.2, 0) is 6.54 Å². The molecule has 2 aromatic rings. The number of halogens is 1. The molecule has 0 aliphatic carbocycles. The first-order chi connectivity index (χ1) is 9.06. The van der Waals surface area contributed by atoms with Gasteiger partial charge in [0.1, 0.15) is 0 Å². The summed E-state index contributed by atoms with van der Waals surface area (Å²) in [5.74, 6) is 0.642. The highest BCUT2D eigenvalue weighted by Crippen LogP contribution is 2.18. The van der Waals surface area contributed by atoms with Gasteiger partial charge in [-0.1, -0.05) is 29.8 Å². The van der Waals surface area contributed by atoms with Crippen LogP contribution in [-0.4, -0.2) is 21.5 Å². The van der Waals surface area contributed by atoms with Gasteiger partial charge in [0.05, 0.1) is 17.6 Å². The van der Waals surface area contributed by atoms with Crippen LogP contribution in [0.3, 0.4) is 0 Å². The lowest BCUT2D eigenvalue weighted by Gasteiger charge is -2.05.